The van der Waals surface area contributed by atoms with Crippen LogP contribution in [0.4, 0.5) is 0 Å². The number of aromatic nitrogens is 2. The Morgan fingerprint density at radius 2 is 2.10 bits per heavy atom. The lowest BCUT2D eigenvalue weighted by atomic mass is 10.3. The second-order valence-electron chi connectivity index (χ2n) is 4.95. The zero-order valence-electron chi connectivity index (χ0n) is 12.5. The molecule has 2 heterocycles. The van der Waals surface area contributed by atoms with Crippen LogP contribution in [-0.4, -0.2) is 25.7 Å². The minimum absolute atomic E-state index is 0.0180. The Balaban J connectivity index is 2.26. The van der Waals surface area contributed by atoms with Crippen LogP contribution in [0.25, 0.3) is 0 Å². The first-order valence-corrected chi connectivity index (χ1v) is 8.10. The van der Waals surface area contributed by atoms with Gasteiger partial charge in [0.15, 0.2) is 5.03 Å². The van der Waals surface area contributed by atoms with Gasteiger partial charge in [0.2, 0.25) is 0 Å². The largest absolute Gasteiger partial charge is 0.465 e. The molecule has 0 radical (unpaired) electrons. The van der Waals surface area contributed by atoms with Crippen molar-refractivity contribution in [2.75, 3.05) is 7.05 Å². The summed E-state index contributed by atoms with van der Waals surface area (Å²) in [6.45, 7) is 5.75. The molecule has 0 aliphatic carbocycles. The van der Waals surface area contributed by atoms with E-state index in [1.54, 1.807) is 33.0 Å². The Hall–Kier alpha value is -1.64. The molecule has 116 valence electrons. The summed E-state index contributed by atoms with van der Waals surface area (Å²) in [4.78, 5) is 0. The van der Waals surface area contributed by atoms with Gasteiger partial charge >= 0.3 is 0 Å². The highest BCUT2D eigenvalue weighted by molar-refractivity contribution is 7.89. The van der Waals surface area contributed by atoms with Crippen LogP contribution in [0.5, 0.6) is 0 Å². The van der Waals surface area contributed by atoms with Crippen LogP contribution < -0.4 is 10.0 Å². The van der Waals surface area contributed by atoms with Crippen molar-refractivity contribution in [2.45, 2.75) is 38.4 Å². The van der Waals surface area contributed by atoms with Crippen molar-refractivity contribution in [2.24, 2.45) is 0 Å². The zero-order chi connectivity index (χ0) is 15.6. The van der Waals surface area contributed by atoms with E-state index in [1.165, 1.54) is 0 Å². The minimum Gasteiger partial charge on any atom is -0.465 e. The predicted octanol–water partition coefficient (Wildman–Crippen LogP) is 1.38. The monoisotopic (exact) mass is 312 g/mol. The van der Waals surface area contributed by atoms with Gasteiger partial charge in [0, 0.05) is 17.8 Å². The van der Waals surface area contributed by atoms with Gasteiger partial charge < -0.3 is 9.73 Å². The molecule has 0 spiro atoms. The number of aryl methyl sites for hydroxylation is 2. The summed E-state index contributed by atoms with van der Waals surface area (Å²) >= 11 is 0. The summed E-state index contributed by atoms with van der Waals surface area (Å²) in [6.07, 6.45) is 0. The molecule has 2 aromatic rings. The van der Waals surface area contributed by atoms with E-state index in [2.05, 4.69) is 20.2 Å². The van der Waals surface area contributed by atoms with Crippen molar-refractivity contribution < 1.29 is 12.8 Å². The lowest BCUT2D eigenvalue weighted by Crippen LogP contribution is -2.28. The molecule has 0 saturated heterocycles. The van der Waals surface area contributed by atoms with Crippen LogP contribution in [0.2, 0.25) is 0 Å². The molecule has 8 heteroatoms. The number of H-pyrrole nitrogens is 1. The second kappa shape index (κ2) is 6.00. The van der Waals surface area contributed by atoms with Crippen molar-refractivity contribution in [3.8, 4) is 0 Å². The van der Waals surface area contributed by atoms with Crippen molar-refractivity contribution in [1.29, 1.82) is 0 Å². The van der Waals surface area contributed by atoms with Crippen molar-refractivity contribution >= 4 is 10.0 Å². The number of hydrogen-bond donors (Lipinski definition) is 3. The first-order valence-electron chi connectivity index (χ1n) is 6.62. The molecule has 0 fully saturated rings. The van der Waals surface area contributed by atoms with Crippen LogP contribution >= 0.6 is 0 Å². The van der Waals surface area contributed by atoms with Gasteiger partial charge in [-0.25, -0.2) is 8.42 Å². The third-order valence-corrected chi connectivity index (χ3v) is 4.67. The van der Waals surface area contributed by atoms with E-state index in [1.807, 2.05) is 6.92 Å². The van der Waals surface area contributed by atoms with Crippen molar-refractivity contribution in [3.05, 3.63) is 34.9 Å². The third kappa shape index (κ3) is 3.34. The Morgan fingerprint density at radius 3 is 2.67 bits per heavy atom. The SMILES string of the molecule is CNCc1c(S(=O)(=O)NC(C)c2ccc(C)o2)n[nH]c1C. The van der Waals surface area contributed by atoms with Gasteiger partial charge in [0.1, 0.15) is 11.5 Å². The van der Waals surface area contributed by atoms with Crippen LogP contribution in [-0.2, 0) is 16.6 Å². The van der Waals surface area contributed by atoms with Gasteiger partial charge in [-0.05, 0) is 40.0 Å². The highest BCUT2D eigenvalue weighted by atomic mass is 32.2. The van der Waals surface area contributed by atoms with Crippen LogP contribution in [0, 0.1) is 13.8 Å². The Kier molecular flexibility index (Phi) is 4.50. The normalized spacial score (nSPS) is 13.5. The lowest BCUT2D eigenvalue weighted by molar-refractivity contribution is 0.440. The fourth-order valence-electron chi connectivity index (χ4n) is 2.07. The molecular formula is C13H20N4O3S. The van der Waals surface area contributed by atoms with E-state index >= 15 is 0 Å². The number of furan rings is 1. The summed E-state index contributed by atoms with van der Waals surface area (Å²) in [5.41, 5.74) is 1.36. The molecule has 0 aromatic carbocycles. The maximum atomic E-state index is 12.5. The Labute approximate surface area is 124 Å². The first kappa shape index (κ1) is 15.7. The first-order chi connectivity index (χ1) is 9.85. The number of hydrogen-bond acceptors (Lipinski definition) is 5. The van der Waals surface area contributed by atoms with Gasteiger partial charge in [-0.1, -0.05) is 0 Å². The molecule has 1 atom stereocenters. The number of aromatic amines is 1. The van der Waals surface area contributed by atoms with Crippen molar-refractivity contribution in [1.82, 2.24) is 20.2 Å². The summed E-state index contributed by atoms with van der Waals surface area (Å²) in [6, 6.07) is 3.08. The van der Waals surface area contributed by atoms with Gasteiger partial charge in [0.05, 0.1) is 6.04 Å². The summed E-state index contributed by atoms with van der Waals surface area (Å²) in [7, 11) is -1.97. The fraction of sp³-hybridized carbons (Fsp3) is 0.462. The highest BCUT2D eigenvalue weighted by Gasteiger charge is 2.26. The number of nitrogens with one attached hydrogen (secondary N) is 3. The minimum atomic E-state index is -3.72. The molecular weight excluding hydrogens is 292 g/mol. The topological polar surface area (TPSA) is 100 Å². The van der Waals surface area contributed by atoms with Gasteiger partial charge in [-0.15, -0.1) is 0 Å². The highest BCUT2D eigenvalue weighted by Crippen LogP contribution is 2.21. The number of rotatable bonds is 6. The molecule has 0 aliphatic heterocycles. The van der Waals surface area contributed by atoms with E-state index in [-0.39, 0.29) is 5.03 Å². The molecule has 21 heavy (non-hydrogen) atoms. The molecule has 1 unspecified atom stereocenters. The molecule has 2 aromatic heterocycles. The van der Waals surface area contributed by atoms with Crippen LogP contribution in [0.15, 0.2) is 21.6 Å². The summed E-state index contributed by atoms with van der Waals surface area (Å²) in [5.74, 6) is 1.31. The van der Waals surface area contributed by atoms with Gasteiger partial charge in [0.25, 0.3) is 10.0 Å². The number of nitrogens with zero attached hydrogens (tertiary/aromatic N) is 1. The molecule has 0 amide bonds. The average Bonchev–Trinajstić information content (AvgIpc) is 2.97. The molecule has 0 aliphatic rings. The van der Waals surface area contributed by atoms with Gasteiger partial charge in [-0.2, -0.15) is 9.82 Å². The van der Waals surface area contributed by atoms with Crippen LogP contribution in [0.1, 0.15) is 35.7 Å². The van der Waals surface area contributed by atoms with E-state index in [4.69, 9.17) is 4.42 Å². The van der Waals surface area contributed by atoms with E-state index < -0.39 is 16.1 Å². The molecule has 2 rings (SSSR count). The van der Waals surface area contributed by atoms with Crippen LogP contribution in [0.3, 0.4) is 0 Å². The smallest absolute Gasteiger partial charge is 0.260 e. The van der Waals surface area contributed by atoms with E-state index in [0.717, 1.165) is 11.5 Å². The van der Waals surface area contributed by atoms with E-state index in [9.17, 15) is 8.42 Å². The predicted molar refractivity (Wildman–Crippen MR) is 78.3 cm³/mol. The molecule has 0 bridgehead atoms. The second-order valence-corrected chi connectivity index (χ2v) is 6.58. The standard InChI is InChI=1S/C13H20N4O3S/c1-8-5-6-12(20-8)10(3)17-21(18,19)13-11(7-14-4)9(2)15-16-13/h5-6,10,14,17H,7H2,1-4H3,(H,15,16). The maximum absolute atomic E-state index is 12.5. The summed E-state index contributed by atoms with van der Waals surface area (Å²) in [5, 5.41) is 9.58. The molecule has 0 saturated carbocycles. The molecule has 3 N–H and O–H groups in total. The Morgan fingerprint density at radius 1 is 1.38 bits per heavy atom. The zero-order valence-corrected chi connectivity index (χ0v) is 13.3. The van der Waals surface area contributed by atoms with Crippen molar-refractivity contribution in [3.63, 3.8) is 0 Å². The van der Waals surface area contributed by atoms with Gasteiger partial charge in [-0.3, -0.25) is 5.10 Å². The Bertz CT molecular complexity index is 718. The third-order valence-electron chi connectivity index (χ3n) is 3.16. The average molecular weight is 312 g/mol. The molecule has 7 nitrogen and oxygen atoms in total. The fourth-order valence-corrected chi connectivity index (χ4v) is 3.48. The van der Waals surface area contributed by atoms with E-state index in [0.29, 0.717) is 17.9 Å². The lowest BCUT2D eigenvalue weighted by Gasteiger charge is -2.12. The summed E-state index contributed by atoms with van der Waals surface area (Å²) < 4.78 is 33.0. The maximum Gasteiger partial charge on any atom is 0.260 e. The number of sulfonamides is 1. The quantitative estimate of drug-likeness (QED) is 0.748.